The van der Waals surface area contributed by atoms with Crippen LogP contribution in [0.4, 0.5) is 11.4 Å². The Morgan fingerprint density at radius 2 is 0.816 bits per heavy atom. The first kappa shape index (κ1) is 29.1. The van der Waals surface area contributed by atoms with E-state index in [1.54, 1.807) is 0 Å². The zero-order valence-corrected chi connectivity index (χ0v) is 23.4. The van der Waals surface area contributed by atoms with E-state index < -0.39 is 0 Å². The molecule has 0 aromatic carbocycles. The van der Waals surface area contributed by atoms with Crippen molar-refractivity contribution in [1.82, 2.24) is 9.97 Å². The first-order chi connectivity index (χ1) is 18.2. The summed E-state index contributed by atoms with van der Waals surface area (Å²) in [4.78, 5) is 32.6. The number of hydrogen-bond donors (Lipinski definition) is 2. The molecule has 4 bridgehead atoms. The summed E-state index contributed by atoms with van der Waals surface area (Å²) in [5.74, 6) is 0. The highest BCUT2D eigenvalue weighted by atomic mass is 16.3. The lowest BCUT2D eigenvalue weighted by Gasteiger charge is -2.20. The molecule has 38 heavy (non-hydrogen) atoms. The molecule has 3 heterocycles. The van der Waals surface area contributed by atoms with Crippen LogP contribution in [0.5, 0.6) is 0 Å². The molecule has 1 aliphatic heterocycles. The molecule has 2 aromatic heterocycles. The van der Waals surface area contributed by atoms with Crippen molar-refractivity contribution in [2.45, 2.75) is 27.7 Å². The highest BCUT2D eigenvalue weighted by Gasteiger charge is 2.13. The largest absolute Gasteiger partial charge is 0.395 e. The van der Waals surface area contributed by atoms with Gasteiger partial charge in [0, 0.05) is 38.6 Å². The quantitative estimate of drug-likeness (QED) is 0.603. The fourth-order valence-corrected chi connectivity index (χ4v) is 3.97. The molecule has 10 nitrogen and oxygen atoms in total. The molecule has 0 aliphatic carbocycles. The molecule has 2 N–H and O–H groups in total. The predicted octanol–water partition coefficient (Wildman–Crippen LogP) is 2.28. The maximum Gasteiger partial charge on any atom is 0.0865 e. The number of likely N-dealkylation sites (N-methyl/N-ethyl adjacent to an activating group) is 2. The SMILES string of the molecule is CC1=NCCN=C(C)c2cc(N(C)CCO)cc(n2)C(C)=NCCN=C(C)c2cc(N(C)CCO)cc1n2. The fourth-order valence-electron chi connectivity index (χ4n) is 3.97. The number of nitrogens with zero attached hydrogens (tertiary/aromatic N) is 8. The molecule has 0 saturated heterocycles. The first-order valence-electron chi connectivity index (χ1n) is 13.0. The van der Waals surface area contributed by atoms with E-state index in [-0.39, 0.29) is 13.2 Å². The number of aliphatic imine (C=N–C) groups is 4. The predicted molar refractivity (Wildman–Crippen MR) is 157 cm³/mol. The van der Waals surface area contributed by atoms with Crippen LogP contribution in [0.2, 0.25) is 0 Å². The number of aliphatic hydroxyl groups is 2. The summed E-state index contributed by atoms with van der Waals surface area (Å²) in [6.07, 6.45) is 0. The highest BCUT2D eigenvalue weighted by molar-refractivity contribution is 6.03. The standard InChI is InChI=1S/C28H40N8O2/c1-19-25-15-23(35(5)11-13-37)16-26(33-25)20(2)31-9-10-32-22(4)28-18-24(36(6)12-14-38)17-27(34-28)21(3)30-8-7-29-19/h15-18,37-38H,7-14H2,1-6H3. The number of anilines is 2. The van der Waals surface area contributed by atoms with Gasteiger partial charge in [0.05, 0.1) is 85.0 Å². The van der Waals surface area contributed by atoms with E-state index in [0.717, 1.165) is 57.0 Å². The Hall–Kier alpha value is -3.50. The van der Waals surface area contributed by atoms with Gasteiger partial charge < -0.3 is 20.0 Å². The second-order valence-corrected chi connectivity index (χ2v) is 9.35. The van der Waals surface area contributed by atoms with Crippen molar-refractivity contribution in [3.05, 3.63) is 47.0 Å². The van der Waals surface area contributed by atoms with Gasteiger partial charge in [0.2, 0.25) is 0 Å². The Labute approximate surface area is 225 Å². The summed E-state index contributed by atoms with van der Waals surface area (Å²) in [5.41, 5.74) is 8.29. The van der Waals surface area contributed by atoms with Gasteiger partial charge in [-0.3, -0.25) is 20.0 Å². The zero-order valence-electron chi connectivity index (χ0n) is 23.4. The molecular weight excluding hydrogens is 480 g/mol. The molecule has 204 valence electrons. The molecule has 0 atom stereocenters. The molecular formula is C28H40N8O2. The van der Waals surface area contributed by atoms with Crippen LogP contribution in [0.1, 0.15) is 50.5 Å². The van der Waals surface area contributed by atoms with Gasteiger partial charge in [0.25, 0.3) is 0 Å². The maximum atomic E-state index is 9.42. The third kappa shape index (κ3) is 7.75. The van der Waals surface area contributed by atoms with Crippen molar-refractivity contribution in [3.8, 4) is 0 Å². The number of rotatable bonds is 6. The lowest BCUT2D eigenvalue weighted by atomic mass is 10.1. The minimum Gasteiger partial charge on any atom is -0.395 e. The summed E-state index contributed by atoms with van der Waals surface area (Å²) in [6.45, 7) is 11.0. The van der Waals surface area contributed by atoms with Crippen molar-refractivity contribution in [2.75, 3.05) is 76.4 Å². The van der Waals surface area contributed by atoms with E-state index in [9.17, 15) is 10.2 Å². The average Bonchev–Trinajstić information content (AvgIpc) is 2.92. The minimum atomic E-state index is 0.0640. The van der Waals surface area contributed by atoms with Crippen molar-refractivity contribution in [2.24, 2.45) is 20.0 Å². The average molecular weight is 521 g/mol. The maximum absolute atomic E-state index is 9.42. The number of hydrogen-bond acceptors (Lipinski definition) is 10. The van der Waals surface area contributed by atoms with Crippen molar-refractivity contribution in [3.63, 3.8) is 0 Å². The third-order valence-corrected chi connectivity index (χ3v) is 6.45. The normalized spacial score (nSPS) is 14.9. The van der Waals surface area contributed by atoms with Crippen LogP contribution in [0.15, 0.2) is 44.2 Å². The van der Waals surface area contributed by atoms with E-state index in [0.29, 0.717) is 39.3 Å². The lowest BCUT2D eigenvalue weighted by Crippen LogP contribution is -2.22. The van der Waals surface area contributed by atoms with Crippen molar-refractivity contribution >= 4 is 34.2 Å². The van der Waals surface area contributed by atoms with Crippen LogP contribution in [0, 0.1) is 0 Å². The number of aromatic nitrogens is 2. The molecule has 0 amide bonds. The second kappa shape index (κ2) is 13.9. The molecule has 2 aromatic rings. The highest BCUT2D eigenvalue weighted by Crippen LogP contribution is 2.19. The Kier molecular flexibility index (Phi) is 10.6. The van der Waals surface area contributed by atoms with Gasteiger partial charge >= 0.3 is 0 Å². The third-order valence-electron chi connectivity index (χ3n) is 6.45. The summed E-state index contributed by atoms with van der Waals surface area (Å²) < 4.78 is 0. The van der Waals surface area contributed by atoms with Gasteiger partial charge in [0.15, 0.2) is 0 Å². The van der Waals surface area contributed by atoms with E-state index in [4.69, 9.17) is 29.9 Å². The van der Waals surface area contributed by atoms with Crippen LogP contribution in [0.3, 0.4) is 0 Å². The van der Waals surface area contributed by atoms with E-state index in [1.807, 2.05) is 75.9 Å². The number of fused-ring (bicyclic) bond motifs is 4. The van der Waals surface area contributed by atoms with Gasteiger partial charge in [-0.25, -0.2) is 9.97 Å². The summed E-state index contributed by atoms with van der Waals surface area (Å²) in [5, 5.41) is 18.8. The molecule has 0 unspecified atom stereocenters. The molecule has 0 saturated carbocycles. The van der Waals surface area contributed by atoms with Crippen LogP contribution < -0.4 is 9.80 Å². The molecule has 0 spiro atoms. The smallest absolute Gasteiger partial charge is 0.0865 e. The van der Waals surface area contributed by atoms with Crippen LogP contribution >= 0.6 is 0 Å². The van der Waals surface area contributed by atoms with Crippen LogP contribution in [0.25, 0.3) is 0 Å². The Bertz CT molecular complexity index is 1060. The van der Waals surface area contributed by atoms with Crippen LogP contribution in [-0.4, -0.2) is 110 Å². The summed E-state index contributed by atoms with van der Waals surface area (Å²) >= 11 is 0. The second-order valence-electron chi connectivity index (χ2n) is 9.35. The first-order valence-corrected chi connectivity index (χ1v) is 13.0. The van der Waals surface area contributed by atoms with E-state index >= 15 is 0 Å². The summed E-state index contributed by atoms with van der Waals surface area (Å²) in [6, 6.07) is 7.97. The van der Waals surface area contributed by atoms with Crippen molar-refractivity contribution in [1.29, 1.82) is 0 Å². The van der Waals surface area contributed by atoms with Crippen molar-refractivity contribution < 1.29 is 10.2 Å². The van der Waals surface area contributed by atoms with Gasteiger partial charge in [0.1, 0.15) is 0 Å². The molecule has 0 radical (unpaired) electrons. The Morgan fingerprint density at radius 3 is 1.05 bits per heavy atom. The molecule has 1 aliphatic rings. The van der Waals surface area contributed by atoms with E-state index in [2.05, 4.69) is 0 Å². The monoisotopic (exact) mass is 520 g/mol. The lowest BCUT2D eigenvalue weighted by molar-refractivity contribution is 0.303. The van der Waals surface area contributed by atoms with Gasteiger partial charge in [-0.2, -0.15) is 0 Å². The Balaban J connectivity index is 2.04. The fraction of sp³-hybridized carbons (Fsp3) is 0.500. The molecule has 0 fully saturated rings. The molecule has 3 rings (SSSR count). The van der Waals surface area contributed by atoms with Gasteiger partial charge in [-0.05, 0) is 52.0 Å². The summed E-state index contributed by atoms with van der Waals surface area (Å²) in [7, 11) is 3.89. The minimum absolute atomic E-state index is 0.0640. The zero-order chi connectivity index (χ0) is 27.7. The molecule has 10 heteroatoms. The number of pyridine rings is 2. The van der Waals surface area contributed by atoms with E-state index in [1.165, 1.54) is 0 Å². The number of aliphatic hydroxyl groups excluding tert-OH is 2. The Morgan fingerprint density at radius 1 is 0.553 bits per heavy atom. The van der Waals surface area contributed by atoms with Crippen LogP contribution in [-0.2, 0) is 0 Å². The van der Waals surface area contributed by atoms with Gasteiger partial charge in [-0.15, -0.1) is 0 Å². The topological polar surface area (TPSA) is 122 Å². The van der Waals surface area contributed by atoms with Gasteiger partial charge in [-0.1, -0.05) is 0 Å².